The molecule has 2 aromatic carbocycles. The molecule has 1 atom stereocenters. The van der Waals surface area contributed by atoms with Crippen LogP contribution in [0, 0.1) is 0 Å². The molecule has 1 saturated heterocycles. The van der Waals surface area contributed by atoms with Crippen LogP contribution in [0.3, 0.4) is 0 Å². The van der Waals surface area contributed by atoms with E-state index < -0.39 is 0 Å². The number of aryl methyl sites for hydroxylation is 1. The zero-order valence-electron chi connectivity index (χ0n) is 17.3. The summed E-state index contributed by atoms with van der Waals surface area (Å²) in [5.74, 6) is 1.21. The first-order valence-electron chi connectivity index (χ1n) is 11.1. The standard InChI is InChI=1S/C25H30N4/c1-2-20-12-6-7-13-22(20)29-25-21(15-16-26-25)24(27-29)23-14-8-9-17-28(23)18-19-10-4-3-5-11-19/h3-7,10-13,23,26H,2,8-9,14-18H2,1H3. The number of fused-ring (bicyclic) bond motifs is 1. The fourth-order valence-electron chi connectivity index (χ4n) is 4.97. The average molecular weight is 387 g/mol. The molecule has 3 aromatic rings. The van der Waals surface area contributed by atoms with Gasteiger partial charge in [-0.15, -0.1) is 0 Å². The summed E-state index contributed by atoms with van der Waals surface area (Å²) in [7, 11) is 0. The topological polar surface area (TPSA) is 33.1 Å². The maximum Gasteiger partial charge on any atom is 0.133 e. The van der Waals surface area contributed by atoms with Crippen molar-refractivity contribution in [3.63, 3.8) is 0 Å². The third-order valence-corrected chi connectivity index (χ3v) is 6.44. The Bertz CT molecular complexity index is 976. The van der Waals surface area contributed by atoms with Crippen molar-refractivity contribution < 1.29 is 0 Å². The highest BCUT2D eigenvalue weighted by molar-refractivity contribution is 5.59. The van der Waals surface area contributed by atoms with E-state index in [1.54, 1.807) is 0 Å². The number of likely N-dealkylation sites (tertiary alicyclic amines) is 1. The van der Waals surface area contributed by atoms with Gasteiger partial charge in [-0.05, 0) is 49.4 Å². The predicted molar refractivity (Wildman–Crippen MR) is 119 cm³/mol. The van der Waals surface area contributed by atoms with Gasteiger partial charge in [0.05, 0.1) is 17.4 Å². The maximum absolute atomic E-state index is 5.24. The molecule has 150 valence electrons. The quantitative estimate of drug-likeness (QED) is 0.660. The van der Waals surface area contributed by atoms with Gasteiger partial charge in [-0.3, -0.25) is 4.90 Å². The van der Waals surface area contributed by atoms with Crippen LogP contribution in [0.2, 0.25) is 0 Å². The summed E-state index contributed by atoms with van der Waals surface area (Å²) in [5.41, 5.74) is 6.69. The second-order valence-electron chi connectivity index (χ2n) is 8.25. The molecule has 4 heteroatoms. The molecule has 0 radical (unpaired) electrons. The Hall–Kier alpha value is -2.59. The fourth-order valence-corrected chi connectivity index (χ4v) is 4.97. The van der Waals surface area contributed by atoms with Gasteiger partial charge in [-0.2, -0.15) is 5.10 Å². The number of aromatic nitrogens is 2. The Morgan fingerprint density at radius 3 is 2.72 bits per heavy atom. The second-order valence-corrected chi connectivity index (χ2v) is 8.25. The molecule has 29 heavy (non-hydrogen) atoms. The molecular formula is C25H30N4. The number of nitrogens with one attached hydrogen (secondary N) is 1. The SMILES string of the molecule is CCc1ccccc1-n1nc(C2CCCCN2Cc2ccccc2)c2c1NCC2. The molecule has 0 aliphatic carbocycles. The van der Waals surface area contributed by atoms with Crippen molar-refractivity contribution in [3.05, 3.63) is 77.0 Å². The largest absolute Gasteiger partial charge is 0.369 e. The normalized spacial score (nSPS) is 19.1. The molecule has 2 aliphatic heterocycles. The summed E-state index contributed by atoms with van der Waals surface area (Å²) in [6.07, 6.45) is 5.86. The van der Waals surface area contributed by atoms with Gasteiger partial charge < -0.3 is 5.32 Å². The van der Waals surface area contributed by atoms with Crippen LogP contribution in [-0.2, 0) is 19.4 Å². The molecule has 0 bridgehead atoms. The minimum Gasteiger partial charge on any atom is -0.369 e. The Labute approximate surface area is 173 Å². The minimum atomic E-state index is 0.410. The van der Waals surface area contributed by atoms with Crippen LogP contribution in [0.4, 0.5) is 5.82 Å². The highest BCUT2D eigenvalue weighted by Crippen LogP contribution is 2.39. The third-order valence-electron chi connectivity index (χ3n) is 6.44. The lowest BCUT2D eigenvalue weighted by Gasteiger charge is -2.35. The highest BCUT2D eigenvalue weighted by Gasteiger charge is 2.32. The Kier molecular flexibility index (Phi) is 5.11. The van der Waals surface area contributed by atoms with Crippen LogP contribution in [0.1, 0.15) is 54.6 Å². The number of piperidine rings is 1. The van der Waals surface area contributed by atoms with E-state index in [2.05, 4.69) is 76.4 Å². The van der Waals surface area contributed by atoms with E-state index in [9.17, 15) is 0 Å². The molecule has 4 nitrogen and oxygen atoms in total. The molecule has 0 amide bonds. The molecule has 0 saturated carbocycles. The fraction of sp³-hybridized carbons (Fsp3) is 0.400. The second kappa shape index (κ2) is 8.03. The van der Waals surface area contributed by atoms with Crippen molar-refractivity contribution in [2.45, 2.75) is 51.6 Å². The van der Waals surface area contributed by atoms with Crippen molar-refractivity contribution in [3.8, 4) is 5.69 Å². The lowest BCUT2D eigenvalue weighted by molar-refractivity contribution is 0.136. The zero-order chi connectivity index (χ0) is 19.6. The maximum atomic E-state index is 5.24. The lowest BCUT2D eigenvalue weighted by Crippen LogP contribution is -2.33. The number of hydrogen-bond donors (Lipinski definition) is 1. The zero-order valence-corrected chi connectivity index (χ0v) is 17.3. The monoisotopic (exact) mass is 386 g/mol. The first-order chi connectivity index (χ1) is 14.3. The number of rotatable bonds is 5. The molecule has 2 aliphatic rings. The van der Waals surface area contributed by atoms with Gasteiger partial charge in [0.2, 0.25) is 0 Å². The summed E-state index contributed by atoms with van der Waals surface area (Å²) in [6.45, 7) is 5.39. The minimum absolute atomic E-state index is 0.410. The van der Waals surface area contributed by atoms with E-state index in [1.165, 1.54) is 53.2 Å². The molecular weight excluding hydrogens is 356 g/mol. The highest BCUT2D eigenvalue weighted by atomic mass is 15.4. The van der Waals surface area contributed by atoms with Gasteiger partial charge in [-0.1, -0.05) is 61.9 Å². The smallest absolute Gasteiger partial charge is 0.133 e. The van der Waals surface area contributed by atoms with Gasteiger partial charge in [0.25, 0.3) is 0 Å². The Balaban J connectivity index is 1.53. The van der Waals surface area contributed by atoms with Crippen molar-refractivity contribution in [2.24, 2.45) is 0 Å². The molecule has 1 N–H and O–H groups in total. The van der Waals surface area contributed by atoms with Crippen molar-refractivity contribution >= 4 is 5.82 Å². The number of nitrogens with zero attached hydrogens (tertiary/aromatic N) is 3. The van der Waals surface area contributed by atoms with Crippen molar-refractivity contribution in [1.82, 2.24) is 14.7 Å². The predicted octanol–water partition coefficient (Wildman–Crippen LogP) is 5.13. The van der Waals surface area contributed by atoms with Gasteiger partial charge in [0.1, 0.15) is 5.82 Å². The summed E-state index contributed by atoms with van der Waals surface area (Å²) in [4.78, 5) is 2.65. The lowest BCUT2D eigenvalue weighted by atomic mass is 9.95. The number of hydrogen-bond acceptors (Lipinski definition) is 3. The van der Waals surface area contributed by atoms with Crippen LogP contribution in [-0.4, -0.2) is 27.8 Å². The van der Waals surface area contributed by atoms with E-state index in [4.69, 9.17) is 5.10 Å². The van der Waals surface area contributed by atoms with E-state index in [1.807, 2.05) is 0 Å². The van der Waals surface area contributed by atoms with Crippen LogP contribution in [0.5, 0.6) is 0 Å². The van der Waals surface area contributed by atoms with Crippen LogP contribution in [0.15, 0.2) is 54.6 Å². The van der Waals surface area contributed by atoms with E-state index in [0.717, 1.165) is 32.5 Å². The van der Waals surface area contributed by atoms with Gasteiger partial charge in [-0.25, -0.2) is 4.68 Å². The van der Waals surface area contributed by atoms with E-state index in [0.29, 0.717) is 6.04 Å². The molecule has 1 aromatic heterocycles. The first-order valence-corrected chi connectivity index (χ1v) is 11.1. The molecule has 0 spiro atoms. The van der Waals surface area contributed by atoms with E-state index >= 15 is 0 Å². The summed E-state index contributed by atoms with van der Waals surface area (Å²) in [5, 5.41) is 8.86. The number of anilines is 1. The van der Waals surface area contributed by atoms with Gasteiger partial charge in [0.15, 0.2) is 0 Å². The number of benzene rings is 2. The number of para-hydroxylation sites is 1. The van der Waals surface area contributed by atoms with Crippen molar-refractivity contribution in [2.75, 3.05) is 18.4 Å². The average Bonchev–Trinajstić information content (AvgIpc) is 3.38. The summed E-state index contributed by atoms with van der Waals surface area (Å²) >= 11 is 0. The molecule has 1 unspecified atom stereocenters. The summed E-state index contributed by atoms with van der Waals surface area (Å²) in [6, 6.07) is 20.0. The van der Waals surface area contributed by atoms with Crippen LogP contribution in [0.25, 0.3) is 5.69 Å². The van der Waals surface area contributed by atoms with Crippen molar-refractivity contribution in [1.29, 1.82) is 0 Å². The molecule has 3 heterocycles. The van der Waals surface area contributed by atoms with Gasteiger partial charge in [0, 0.05) is 18.7 Å². The summed E-state index contributed by atoms with van der Waals surface area (Å²) < 4.78 is 2.19. The van der Waals surface area contributed by atoms with Gasteiger partial charge >= 0.3 is 0 Å². The first kappa shape index (κ1) is 18.4. The molecule has 1 fully saturated rings. The molecule has 5 rings (SSSR count). The van der Waals surface area contributed by atoms with Crippen LogP contribution < -0.4 is 5.32 Å². The Morgan fingerprint density at radius 2 is 1.86 bits per heavy atom. The van der Waals surface area contributed by atoms with Crippen LogP contribution >= 0.6 is 0 Å². The Morgan fingerprint density at radius 1 is 1.03 bits per heavy atom. The van der Waals surface area contributed by atoms with E-state index in [-0.39, 0.29) is 0 Å². The third kappa shape index (κ3) is 3.46.